The Morgan fingerprint density at radius 1 is 1.21 bits per heavy atom. The molecule has 2 aliphatic rings. The summed E-state index contributed by atoms with van der Waals surface area (Å²) in [6.45, 7) is 7.43. The molecule has 0 aromatic rings. The van der Waals surface area contributed by atoms with E-state index < -0.39 is 10.0 Å². The van der Waals surface area contributed by atoms with Gasteiger partial charge in [0.05, 0.1) is 12.9 Å². The van der Waals surface area contributed by atoms with E-state index in [9.17, 15) is 8.42 Å². The van der Waals surface area contributed by atoms with Gasteiger partial charge in [0.15, 0.2) is 5.96 Å². The van der Waals surface area contributed by atoms with Gasteiger partial charge in [-0.1, -0.05) is 0 Å². The van der Waals surface area contributed by atoms with Crippen LogP contribution < -0.4 is 10.6 Å². The van der Waals surface area contributed by atoms with Crippen LogP contribution >= 0.6 is 24.0 Å². The third-order valence-electron chi connectivity index (χ3n) is 4.48. The summed E-state index contributed by atoms with van der Waals surface area (Å²) in [6.07, 6.45) is 4.17. The van der Waals surface area contributed by atoms with E-state index in [-0.39, 0.29) is 24.0 Å². The smallest absolute Gasteiger partial charge is 0.211 e. The summed E-state index contributed by atoms with van der Waals surface area (Å²) in [6, 6.07) is 0. The van der Waals surface area contributed by atoms with E-state index in [0.29, 0.717) is 24.9 Å². The van der Waals surface area contributed by atoms with E-state index in [2.05, 4.69) is 22.5 Å². The van der Waals surface area contributed by atoms with Crippen molar-refractivity contribution in [2.45, 2.75) is 26.2 Å². The van der Waals surface area contributed by atoms with Gasteiger partial charge >= 0.3 is 0 Å². The second-order valence-electron chi connectivity index (χ2n) is 6.44. The average Bonchev–Trinajstić information content (AvgIpc) is 3.03. The Balaban J connectivity index is 0.00000288. The van der Waals surface area contributed by atoms with Crippen molar-refractivity contribution < 1.29 is 13.2 Å². The van der Waals surface area contributed by atoms with E-state index in [1.165, 1.54) is 6.26 Å². The minimum absolute atomic E-state index is 0. The SMILES string of the molecule is CCNC(=NCC1CCOC1)NCC1CCN(S(C)(=O)=O)CC1.I. The Morgan fingerprint density at radius 3 is 2.46 bits per heavy atom. The molecule has 1 unspecified atom stereocenters. The van der Waals surface area contributed by atoms with Crippen molar-refractivity contribution in [1.82, 2.24) is 14.9 Å². The van der Waals surface area contributed by atoms with Crippen LogP contribution in [0.25, 0.3) is 0 Å². The quantitative estimate of drug-likeness (QED) is 0.339. The van der Waals surface area contributed by atoms with Crippen molar-refractivity contribution in [3.05, 3.63) is 0 Å². The third-order valence-corrected chi connectivity index (χ3v) is 5.78. The summed E-state index contributed by atoms with van der Waals surface area (Å²) in [4.78, 5) is 4.64. The molecule has 2 heterocycles. The molecule has 2 rings (SSSR count). The molecule has 0 spiro atoms. The molecule has 2 aliphatic heterocycles. The number of nitrogens with zero attached hydrogens (tertiary/aromatic N) is 2. The molecule has 24 heavy (non-hydrogen) atoms. The summed E-state index contributed by atoms with van der Waals surface area (Å²) in [7, 11) is -3.04. The Bertz CT molecular complexity index is 487. The number of nitrogens with one attached hydrogen (secondary N) is 2. The topological polar surface area (TPSA) is 83.0 Å². The van der Waals surface area contributed by atoms with Crippen molar-refractivity contribution in [1.29, 1.82) is 0 Å². The molecule has 2 N–H and O–H groups in total. The van der Waals surface area contributed by atoms with Crippen LogP contribution in [0.3, 0.4) is 0 Å². The Hall–Kier alpha value is -0.130. The summed E-state index contributed by atoms with van der Waals surface area (Å²) >= 11 is 0. The van der Waals surface area contributed by atoms with E-state index in [4.69, 9.17) is 4.74 Å². The fourth-order valence-electron chi connectivity index (χ4n) is 2.98. The Labute approximate surface area is 163 Å². The number of aliphatic imine (C=N–C) groups is 1. The minimum Gasteiger partial charge on any atom is -0.381 e. The minimum atomic E-state index is -3.04. The van der Waals surface area contributed by atoms with Gasteiger partial charge in [0.25, 0.3) is 0 Å². The lowest BCUT2D eigenvalue weighted by Gasteiger charge is -2.30. The summed E-state index contributed by atoms with van der Waals surface area (Å²) < 4.78 is 30.0. The van der Waals surface area contributed by atoms with Gasteiger partial charge in [-0.25, -0.2) is 12.7 Å². The van der Waals surface area contributed by atoms with Gasteiger partial charge in [-0.2, -0.15) is 0 Å². The maximum absolute atomic E-state index is 11.5. The van der Waals surface area contributed by atoms with Crippen LogP contribution in [0.1, 0.15) is 26.2 Å². The summed E-state index contributed by atoms with van der Waals surface area (Å²) in [5, 5.41) is 6.67. The largest absolute Gasteiger partial charge is 0.381 e. The molecular weight excluding hydrogens is 443 g/mol. The fourth-order valence-corrected chi connectivity index (χ4v) is 3.85. The van der Waals surface area contributed by atoms with Gasteiger partial charge in [0.2, 0.25) is 10.0 Å². The number of hydrogen-bond acceptors (Lipinski definition) is 4. The molecule has 0 bridgehead atoms. The monoisotopic (exact) mass is 474 g/mol. The maximum atomic E-state index is 11.5. The predicted molar refractivity (Wildman–Crippen MR) is 107 cm³/mol. The molecule has 2 saturated heterocycles. The molecular formula is C15H31IN4O3S. The average molecular weight is 474 g/mol. The number of ether oxygens (including phenoxy) is 1. The second kappa shape index (κ2) is 10.8. The van der Waals surface area contributed by atoms with E-state index in [0.717, 1.165) is 58.1 Å². The lowest BCUT2D eigenvalue weighted by molar-refractivity contribution is 0.187. The molecule has 142 valence electrons. The number of halogens is 1. The maximum Gasteiger partial charge on any atom is 0.211 e. The predicted octanol–water partition coefficient (Wildman–Crippen LogP) is 0.868. The second-order valence-corrected chi connectivity index (χ2v) is 8.42. The van der Waals surface area contributed by atoms with Gasteiger partial charge in [-0.3, -0.25) is 4.99 Å². The zero-order chi connectivity index (χ0) is 16.7. The highest BCUT2D eigenvalue weighted by atomic mass is 127. The molecule has 0 radical (unpaired) electrons. The van der Waals surface area contributed by atoms with Crippen LogP contribution in [0.2, 0.25) is 0 Å². The Kier molecular flexibility index (Phi) is 9.83. The first-order valence-electron chi connectivity index (χ1n) is 8.54. The van der Waals surface area contributed by atoms with Crippen LogP contribution in [-0.2, 0) is 14.8 Å². The summed E-state index contributed by atoms with van der Waals surface area (Å²) in [5.74, 6) is 1.88. The first-order valence-corrected chi connectivity index (χ1v) is 10.4. The molecule has 0 aromatic heterocycles. The number of guanidine groups is 1. The zero-order valence-electron chi connectivity index (χ0n) is 14.7. The normalized spacial score (nSPS) is 23.8. The van der Waals surface area contributed by atoms with Crippen LogP contribution in [0, 0.1) is 11.8 Å². The molecule has 9 heteroatoms. The van der Waals surface area contributed by atoms with Crippen LogP contribution in [0.4, 0.5) is 0 Å². The molecule has 7 nitrogen and oxygen atoms in total. The highest BCUT2D eigenvalue weighted by Crippen LogP contribution is 2.18. The van der Waals surface area contributed by atoms with Crippen LogP contribution in [0.15, 0.2) is 4.99 Å². The number of hydrogen-bond donors (Lipinski definition) is 2. The fraction of sp³-hybridized carbons (Fsp3) is 0.933. The highest BCUT2D eigenvalue weighted by Gasteiger charge is 2.24. The first-order chi connectivity index (χ1) is 11.0. The van der Waals surface area contributed by atoms with Gasteiger partial charge in [0, 0.05) is 45.2 Å². The van der Waals surface area contributed by atoms with Gasteiger partial charge in [-0.15, -0.1) is 24.0 Å². The van der Waals surface area contributed by atoms with Gasteiger partial charge in [0.1, 0.15) is 0 Å². The summed E-state index contributed by atoms with van der Waals surface area (Å²) in [5.41, 5.74) is 0. The van der Waals surface area contributed by atoms with Crippen molar-refractivity contribution in [3.8, 4) is 0 Å². The van der Waals surface area contributed by atoms with Crippen molar-refractivity contribution in [2.24, 2.45) is 16.8 Å². The van der Waals surface area contributed by atoms with Crippen LogP contribution in [0.5, 0.6) is 0 Å². The molecule has 0 aliphatic carbocycles. The zero-order valence-corrected chi connectivity index (χ0v) is 17.8. The first kappa shape index (κ1) is 21.9. The number of piperidine rings is 1. The molecule has 0 aromatic carbocycles. The van der Waals surface area contributed by atoms with E-state index in [1.807, 2.05) is 0 Å². The number of rotatable bonds is 6. The highest BCUT2D eigenvalue weighted by molar-refractivity contribution is 14.0. The number of sulfonamides is 1. The van der Waals surface area contributed by atoms with Gasteiger partial charge in [-0.05, 0) is 32.1 Å². The molecule has 1 atom stereocenters. The van der Waals surface area contributed by atoms with E-state index in [1.54, 1.807) is 4.31 Å². The van der Waals surface area contributed by atoms with Gasteiger partial charge < -0.3 is 15.4 Å². The third kappa shape index (κ3) is 7.40. The lowest BCUT2D eigenvalue weighted by Crippen LogP contribution is -2.44. The Morgan fingerprint density at radius 2 is 1.92 bits per heavy atom. The molecule has 0 amide bonds. The standard InChI is InChI=1S/C15H30N4O3S.HI/c1-3-16-15(18-11-14-6-9-22-12-14)17-10-13-4-7-19(8-5-13)23(2,20)21;/h13-14H,3-12H2,1-2H3,(H2,16,17,18);1H. The molecule has 0 saturated carbocycles. The van der Waals surface area contributed by atoms with Crippen molar-refractivity contribution >= 4 is 40.0 Å². The molecule has 2 fully saturated rings. The van der Waals surface area contributed by atoms with Crippen LogP contribution in [-0.4, -0.2) is 70.9 Å². The lowest BCUT2D eigenvalue weighted by atomic mass is 9.98. The van der Waals surface area contributed by atoms with Crippen molar-refractivity contribution in [2.75, 3.05) is 52.2 Å². The van der Waals surface area contributed by atoms with E-state index >= 15 is 0 Å². The van der Waals surface area contributed by atoms with Crippen molar-refractivity contribution in [3.63, 3.8) is 0 Å².